The predicted molar refractivity (Wildman–Crippen MR) is 116 cm³/mol. The highest BCUT2D eigenvalue weighted by Gasteiger charge is 2.28. The lowest BCUT2D eigenvalue weighted by Gasteiger charge is -2.21. The van der Waals surface area contributed by atoms with E-state index in [0.717, 1.165) is 25.3 Å². The maximum atomic E-state index is 12.1. The molecule has 1 amide bonds. The van der Waals surface area contributed by atoms with Crippen molar-refractivity contribution in [3.8, 4) is 11.5 Å². The van der Waals surface area contributed by atoms with E-state index in [4.69, 9.17) is 32.7 Å². The molecule has 0 spiro atoms. The Morgan fingerprint density at radius 1 is 1.03 bits per heavy atom. The van der Waals surface area contributed by atoms with Gasteiger partial charge in [-0.25, -0.2) is 0 Å². The van der Waals surface area contributed by atoms with Crippen LogP contribution in [0.3, 0.4) is 0 Å². The summed E-state index contributed by atoms with van der Waals surface area (Å²) in [4.78, 5) is 14.5. The minimum Gasteiger partial charge on any atom is -0.492 e. The number of carbonyl (C=O) groups is 1. The first-order valence-corrected chi connectivity index (χ1v) is 10.5. The number of amides is 1. The van der Waals surface area contributed by atoms with Crippen LogP contribution in [-0.4, -0.2) is 49.7 Å². The molecule has 0 radical (unpaired) electrons. The fourth-order valence-electron chi connectivity index (χ4n) is 3.48. The van der Waals surface area contributed by atoms with Gasteiger partial charge in [0.25, 0.3) is 5.91 Å². The zero-order chi connectivity index (χ0) is 20.6. The molecule has 0 aliphatic carbocycles. The number of likely N-dealkylation sites (tertiary alicyclic amines) is 1. The Labute approximate surface area is 181 Å². The van der Waals surface area contributed by atoms with Gasteiger partial charge >= 0.3 is 0 Å². The van der Waals surface area contributed by atoms with Crippen LogP contribution in [0.2, 0.25) is 10.0 Å². The molecule has 0 bridgehead atoms. The van der Waals surface area contributed by atoms with E-state index in [2.05, 4.69) is 17.1 Å². The molecule has 2 unspecified atom stereocenters. The average molecular weight is 437 g/mol. The summed E-state index contributed by atoms with van der Waals surface area (Å²) < 4.78 is 11.3. The van der Waals surface area contributed by atoms with Gasteiger partial charge in [0.15, 0.2) is 6.61 Å². The van der Waals surface area contributed by atoms with Crippen molar-refractivity contribution in [3.05, 3.63) is 58.6 Å². The minimum absolute atomic E-state index is 0.00253. The Kier molecular flexibility index (Phi) is 8.04. The van der Waals surface area contributed by atoms with Crippen LogP contribution in [0.4, 0.5) is 0 Å². The molecule has 1 saturated heterocycles. The third-order valence-corrected chi connectivity index (χ3v) is 5.53. The van der Waals surface area contributed by atoms with E-state index in [1.807, 2.05) is 24.3 Å². The van der Waals surface area contributed by atoms with E-state index < -0.39 is 0 Å². The largest absolute Gasteiger partial charge is 0.492 e. The van der Waals surface area contributed by atoms with E-state index in [1.165, 1.54) is 0 Å². The van der Waals surface area contributed by atoms with Crippen LogP contribution < -0.4 is 14.8 Å². The van der Waals surface area contributed by atoms with Crippen LogP contribution in [0, 0.1) is 5.92 Å². The van der Waals surface area contributed by atoms with E-state index in [-0.39, 0.29) is 12.5 Å². The molecular weight excluding hydrogens is 411 g/mol. The maximum absolute atomic E-state index is 12.1. The van der Waals surface area contributed by atoms with Crippen molar-refractivity contribution < 1.29 is 14.3 Å². The quantitative estimate of drug-likeness (QED) is 0.637. The minimum atomic E-state index is -0.114. The topological polar surface area (TPSA) is 50.8 Å². The molecule has 1 aliphatic rings. The number of hydrogen-bond acceptors (Lipinski definition) is 4. The number of rotatable bonds is 9. The third-order valence-electron chi connectivity index (χ3n) is 5.02. The summed E-state index contributed by atoms with van der Waals surface area (Å²) >= 11 is 11.7. The second-order valence-electron chi connectivity index (χ2n) is 7.29. The second kappa shape index (κ2) is 10.7. The molecule has 0 aromatic heterocycles. The zero-order valence-corrected chi connectivity index (χ0v) is 18.0. The molecule has 1 fully saturated rings. The van der Waals surface area contributed by atoms with Crippen molar-refractivity contribution in [2.24, 2.45) is 5.92 Å². The number of hydrogen-bond donors (Lipinski definition) is 1. The number of nitrogens with zero attached hydrogens (tertiary/aromatic N) is 1. The molecule has 156 valence electrons. The molecule has 1 aliphatic heterocycles. The fourth-order valence-corrected chi connectivity index (χ4v) is 3.73. The van der Waals surface area contributed by atoms with Gasteiger partial charge in [-0.1, -0.05) is 23.2 Å². The lowest BCUT2D eigenvalue weighted by molar-refractivity contribution is -0.123. The fraction of sp³-hybridized carbons (Fsp3) is 0.409. The van der Waals surface area contributed by atoms with Crippen molar-refractivity contribution in [1.82, 2.24) is 10.2 Å². The summed E-state index contributed by atoms with van der Waals surface area (Å²) in [6, 6.07) is 14.8. The summed E-state index contributed by atoms with van der Waals surface area (Å²) in [5.41, 5.74) is 0. The molecule has 3 rings (SSSR count). The number of ether oxygens (including phenoxy) is 2. The molecule has 1 N–H and O–H groups in total. The molecule has 5 nitrogen and oxygen atoms in total. The van der Waals surface area contributed by atoms with Crippen LogP contribution in [-0.2, 0) is 4.79 Å². The van der Waals surface area contributed by atoms with Crippen molar-refractivity contribution in [2.75, 3.05) is 32.8 Å². The summed E-state index contributed by atoms with van der Waals surface area (Å²) in [6.07, 6.45) is 1.05. The Balaban J connectivity index is 1.33. The lowest BCUT2D eigenvalue weighted by atomic mass is 10.1. The first-order valence-electron chi connectivity index (χ1n) is 9.77. The highest BCUT2D eigenvalue weighted by molar-refractivity contribution is 6.30. The normalized spacial score (nSPS) is 19.1. The number of carbonyl (C=O) groups excluding carboxylic acids is 1. The standard InChI is InChI=1S/C22H26Cl2N2O3/c1-16-12-17(13-25-22(27)15-29-21-8-4-19(24)5-9-21)14-26(16)10-11-28-20-6-2-18(23)3-7-20/h2-9,16-17H,10-15H2,1H3,(H,25,27). The maximum Gasteiger partial charge on any atom is 0.257 e. The zero-order valence-electron chi connectivity index (χ0n) is 16.4. The Morgan fingerprint density at radius 2 is 1.62 bits per heavy atom. The first kappa shape index (κ1) is 21.8. The van der Waals surface area contributed by atoms with Crippen molar-refractivity contribution in [3.63, 3.8) is 0 Å². The smallest absolute Gasteiger partial charge is 0.257 e. The highest BCUT2D eigenvalue weighted by Crippen LogP contribution is 2.22. The van der Waals surface area contributed by atoms with Crippen molar-refractivity contribution in [2.45, 2.75) is 19.4 Å². The second-order valence-corrected chi connectivity index (χ2v) is 8.17. The Hall–Kier alpha value is -1.95. The van der Waals surface area contributed by atoms with Gasteiger partial charge in [0.05, 0.1) is 0 Å². The van der Waals surface area contributed by atoms with Crippen LogP contribution in [0.5, 0.6) is 11.5 Å². The van der Waals surface area contributed by atoms with E-state index in [1.54, 1.807) is 24.3 Å². The molecule has 1 heterocycles. The van der Waals surface area contributed by atoms with Gasteiger partial charge in [-0.2, -0.15) is 0 Å². The first-order chi connectivity index (χ1) is 14.0. The van der Waals surface area contributed by atoms with Gasteiger partial charge in [-0.3, -0.25) is 9.69 Å². The molecule has 29 heavy (non-hydrogen) atoms. The lowest BCUT2D eigenvalue weighted by Crippen LogP contribution is -2.35. The summed E-state index contributed by atoms with van der Waals surface area (Å²) in [6.45, 7) is 5.30. The van der Waals surface area contributed by atoms with Gasteiger partial charge in [0.1, 0.15) is 18.1 Å². The monoisotopic (exact) mass is 436 g/mol. The predicted octanol–water partition coefficient (Wildman–Crippen LogP) is 4.28. The molecule has 2 aromatic rings. The van der Waals surface area contributed by atoms with Gasteiger partial charge in [0.2, 0.25) is 0 Å². The van der Waals surface area contributed by atoms with E-state index in [0.29, 0.717) is 40.9 Å². The molecule has 2 aromatic carbocycles. The Bertz CT molecular complexity index is 784. The van der Waals surface area contributed by atoms with Crippen LogP contribution >= 0.6 is 23.2 Å². The SMILES string of the molecule is CC1CC(CNC(=O)COc2ccc(Cl)cc2)CN1CCOc1ccc(Cl)cc1. The van der Waals surface area contributed by atoms with Crippen LogP contribution in [0.1, 0.15) is 13.3 Å². The Morgan fingerprint density at radius 3 is 2.24 bits per heavy atom. The summed E-state index contributed by atoms with van der Waals surface area (Å²) in [5, 5.41) is 4.32. The molecule has 0 saturated carbocycles. The van der Waals surface area contributed by atoms with E-state index in [9.17, 15) is 4.79 Å². The number of halogens is 2. The average Bonchev–Trinajstić information content (AvgIpc) is 3.07. The van der Waals surface area contributed by atoms with Crippen LogP contribution in [0.15, 0.2) is 48.5 Å². The van der Waals surface area contributed by atoms with E-state index >= 15 is 0 Å². The van der Waals surface area contributed by atoms with Crippen LogP contribution in [0.25, 0.3) is 0 Å². The van der Waals surface area contributed by atoms with Gasteiger partial charge in [-0.05, 0) is 67.8 Å². The molecule has 7 heteroatoms. The van der Waals surface area contributed by atoms with Gasteiger partial charge in [-0.15, -0.1) is 0 Å². The van der Waals surface area contributed by atoms with Gasteiger partial charge < -0.3 is 14.8 Å². The molecule has 2 atom stereocenters. The summed E-state index contributed by atoms with van der Waals surface area (Å²) in [7, 11) is 0. The number of benzene rings is 2. The third kappa shape index (κ3) is 7.11. The number of nitrogens with one attached hydrogen (secondary N) is 1. The van der Waals surface area contributed by atoms with Crippen molar-refractivity contribution >= 4 is 29.1 Å². The highest BCUT2D eigenvalue weighted by atomic mass is 35.5. The van der Waals surface area contributed by atoms with Gasteiger partial charge in [0, 0.05) is 35.7 Å². The van der Waals surface area contributed by atoms with Crippen molar-refractivity contribution in [1.29, 1.82) is 0 Å². The molecular formula is C22H26Cl2N2O3. The summed E-state index contributed by atoms with van der Waals surface area (Å²) in [5.74, 6) is 1.77.